The van der Waals surface area contributed by atoms with Crippen molar-refractivity contribution in [1.82, 2.24) is 5.32 Å². The maximum atomic E-state index is 11.9. The number of halogens is 1. The molecule has 0 aromatic heterocycles. The maximum absolute atomic E-state index is 11.9. The number of ether oxygens (including phenoxy) is 1. The van der Waals surface area contributed by atoms with Gasteiger partial charge in [0.15, 0.2) is 0 Å². The molecule has 0 saturated heterocycles. The first kappa shape index (κ1) is 17.0. The van der Waals surface area contributed by atoms with Gasteiger partial charge >= 0.3 is 5.97 Å². The fourth-order valence-electron chi connectivity index (χ4n) is 2.48. The van der Waals surface area contributed by atoms with E-state index < -0.39 is 0 Å². The summed E-state index contributed by atoms with van der Waals surface area (Å²) in [5, 5.41) is 3.47. The lowest BCUT2D eigenvalue weighted by atomic mass is 9.85. The highest BCUT2D eigenvalue weighted by Crippen LogP contribution is 2.31. The van der Waals surface area contributed by atoms with Gasteiger partial charge < -0.3 is 34.0 Å². The molecule has 0 atom stereocenters. The van der Waals surface area contributed by atoms with Crippen LogP contribution in [0.15, 0.2) is 29.8 Å². The molecule has 1 aromatic rings. The summed E-state index contributed by atoms with van der Waals surface area (Å²) in [4.78, 5) is 11.9. The summed E-state index contributed by atoms with van der Waals surface area (Å²) in [5.41, 5.74) is 3.85. The SMILES string of the molecule is CCOC(=O)/C(C)=C1\NC(C)(C)Cc2ccccc21.[I-]. The summed E-state index contributed by atoms with van der Waals surface area (Å²) in [7, 11) is 0. The first-order chi connectivity index (χ1) is 8.94. The highest BCUT2D eigenvalue weighted by molar-refractivity contribution is 5.97. The van der Waals surface area contributed by atoms with E-state index in [9.17, 15) is 4.79 Å². The summed E-state index contributed by atoms with van der Waals surface area (Å²) >= 11 is 0. The van der Waals surface area contributed by atoms with E-state index in [1.165, 1.54) is 5.56 Å². The molecule has 0 fully saturated rings. The molecule has 1 aromatic carbocycles. The summed E-state index contributed by atoms with van der Waals surface area (Å²) in [5.74, 6) is -0.252. The first-order valence-corrected chi connectivity index (χ1v) is 6.69. The largest absolute Gasteiger partial charge is 1.00 e. The van der Waals surface area contributed by atoms with Crippen molar-refractivity contribution in [2.45, 2.75) is 39.7 Å². The van der Waals surface area contributed by atoms with Crippen LogP contribution in [0.1, 0.15) is 38.8 Å². The van der Waals surface area contributed by atoms with Crippen molar-refractivity contribution in [3.05, 3.63) is 41.0 Å². The summed E-state index contributed by atoms with van der Waals surface area (Å²) in [6.07, 6.45) is 0.947. The number of carbonyl (C=O) groups is 1. The molecule has 1 N–H and O–H groups in total. The minimum absolute atomic E-state index is 0. The van der Waals surface area contributed by atoms with Gasteiger partial charge in [-0.3, -0.25) is 0 Å². The third kappa shape index (κ3) is 3.53. The number of esters is 1. The monoisotopic (exact) mass is 386 g/mol. The molecule has 0 saturated carbocycles. The van der Waals surface area contributed by atoms with E-state index in [1.807, 2.05) is 26.0 Å². The van der Waals surface area contributed by atoms with E-state index >= 15 is 0 Å². The fraction of sp³-hybridized carbons (Fsp3) is 0.438. The second kappa shape index (κ2) is 6.61. The Morgan fingerprint density at radius 2 is 2.00 bits per heavy atom. The van der Waals surface area contributed by atoms with Gasteiger partial charge in [-0.15, -0.1) is 0 Å². The molecule has 0 aliphatic carbocycles. The Hall–Kier alpha value is -1.04. The number of hydrogen-bond donors (Lipinski definition) is 1. The van der Waals surface area contributed by atoms with E-state index in [2.05, 4.69) is 31.3 Å². The minimum atomic E-state index is -0.252. The molecule has 0 radical (unpaired) electrons. The molecule has 1 aliphatic heterocycles. The van der Waals surface area contributed by atoms with Gasteiger partial charge in [-0.2, -0.15) is 0 Å². The van der Waals surface area contributed by atoms with Crippen molar-refractivity contribution >= 4 is 11.7 Å². The van der Waals surface area contributed by atoms with Gasteiger partial charge in [0.1, 0.15) is 0 Å². The van der Waals surface area contributed by atoms with Crippen LogP contribution >= 0.6 is 0 Å². The van der Waals surface area contributed by atoms with E-state index in [4.69, 9.17) is 4.74 Å². The molecule has 1 heterocycles. The molecule has 2 rings (SSSR count). The maximum Gasteiger partial charge on any atom is 0.335 e. The molecule has 3 nitrogen and oxygen atoms in total. The van der Waals surface area contributed by atoms with Gasteiger partial charge in [-0.1, -0.05) is 24.3 Å². The van der Waals surface area contributed by atoms with Crippen molar-refractivity contribution in [2.75, 3.05) is 6.61 Å². The topological polar surface area (TPSA) is 38.3 Å². The number of rotatable bonds is 2. The number of hydrogen-bond acceptors (Lipinski definition) is 3. The Kier molecular flexibility index (Phi) is 5.62. The van der Waals surface area contributed by atoms with Crippen LogP contribution in [0, 0.1) is 0 Å². The Morgan fingerprint density at radius 1 is 1.35 bits per heavy atom. The molecule has 0 bridgehead atoms. The van der Waals surface area contributed by atoms with Gasteiger partial charge in [0.25, 0.3) is 0 Å². The molecular formula is C16H21INO2-. The van der Waals surface area contributed by atoms with E-state index in [1.54, 1.807) is 0 Å². The summed E-state index contributed by atoms with van der Waals surface area (Å²) < 4.78 is 5.10. The fourth-order valence-corrected chi connectivity index (χ4v) is 2.48. The third-order valence-corrected chi connectivity index (χ3v) is 3.34. The second-order valence-electron chi connectivity index (χ2n) is 5.56. The zero-order valence-electron chi connectivity index (χ0n) is 12.4. The van der Waals surface area contributed by atoms with Crippen LogP contribution in [-0.2, 0) is 16.0 Å². The van der Waals surface area contributed by atoms with Crippen molar-refractivity contribution in [1.29, 1.82) is 0 Å². The lowest BCUT2D eigenvalue weighted by Crippen LogP contribution is -3.00. The first-order valence-electron chi connectivity index (χ1n) is 6.69. The third-order valence-electron chi connectivity index (χ3n) is 3.34. The zero-order chi connectivity index (χ0) is 14.0. The predicted octanol–water partition coefficient (Wildman–Crippen LogP) is -0.0910. The molecule has 20 heavy (non-hydrogen) atoms. The highest BCUT2D eigenvalue weighted by atomic mass is 127. The van der Waals surface area contributed by atoms with Gasteiger partial charge in [-0.25, -0.2) is 4.79 Å². The molecule has 1 aliphatic rings. The van der Waals surface area contributed by atoms with Crippen LogP contribution in [0.5, 0.6) is 0 Å². The van der Waals surface area contributed by atoms with Crippen LogP contribution in [0.25, 0.3) is 5.70 Å². The van der Waals surface area contributed by atoms with Gasteiger partial charge in [-0.05, 0) is 39.7 Å². The van der Waals surface area contributed by atoms with E-state index in [0.29, 0.717) is 12.2 Å². The minimum Gasteiger partial charge on any atom is -1.00 e. The average molecular weight is 386 g/mol. The van der Waals surface area contributed by atoms with Crippen molar-refractivity contribution in [3.8, 4) is 0 Å². The molecule has 0 amide bonds. The number of fused-ring (bicyclic) bond motifs is 1. The quantitative estimate of drug-likeness (QED) is 0.439. The number of benzene rings is 1. The molecule has 4 heteroatoms. The highest BCUT2D eigenvalue weighted by Gasteiger charge is 2.29. The van der Waals surface area contributed by atoms with Crippen molar-refractivity contribution in [2.24, 2.45) is 0 Å². The second-order valence-corrected chi connectivity index (χ2v) is 5.56. The summed E-state index contributed by atoms with van der Waals surface area (Å²) in [6.45, 7) is 8.32. The lowest BCUT2D eigenvalue weighted by molar-refractivity contribution is -0.138. The van der Waals surface area contributed by atoms with Gasteiger partial charge in [0.05, 0.1) is 17.9 Å². The van der Waals surface area contributed by atoms with Crippen LogP contribution in [-0.4, -0.2) is 18.1 Å². The molecular weight excluding hydrogens is 365 g/mol. The van der Waals surface area contributed by atoms with Crippen LogP contribution in [0.4, 0.5) is 0 Å². The smallest absolute Gasteiger partial charge is 0.335 e. The van der Waals surface area contributed by atoms with Gasteiger partial charge in [0, 0.05) is 11.1 Å². The number of nitrogens with one attached hydrogen (secondary N) is 1. The Labute approximate surface area is 137 Å². The molecule has 0 spiro atoms. The Morgan fingerprint density at radius 3 is 2.65 bits per heavy atom. The van der Waals surface area contributed by atoms with Crippen LogP contribution in [0.2, 0.25) is 0 Å². The van der Waals surface area contributed by atoms with E-state index in [0.717, 1.165) is 17.7 Å². The standard InChI is InChI=1S/C16H21NO2.HI/c1-5-19-15(18)11(2)14-13-9-7-6-8-12(13)10-16(3,4)17-14;/h6-9,17H,5,10H2,1-4H3;1H/p-1/b14-11-;. The normalized spacial score (nSPS) is 18.2. The lowest BCUT2D eigenvalue weighted by Gasteiger charge is -2.36. The van der Waals surface area contributed by atoms with Crippen molar-refractivity contribution in [3.63, 3.8) is 0 Å². The zero-order valence-corrected chi connectivity index (χ0v) is 14.6. The predicted molar refractivity (Wildman–Crippen MR) is 76.6 cm³/mol. The molecule has 110 valence electrons. The Bertz CT molecular complexity index is 535. The number of carbonyl (C=O) groups excluding carboxylic acids is 1. The van der Waals surface area contributed by atoms with Crippen molar-refractivity contribution < 1.29 is 33.5 Å². The Balaban J connectivity index is 0.00000200. The van der Waals surface area contributed by atoms with Gasteiger partial charge in [0.2, 0.25) is 0 Å². The average Bonchev–Trinajstić information content (AvgIpc) is 2.36. The van der Waals surface area contributed by atoms with Crippen LogP contribution < -0.4 is 29.3 Å². The summed E-state index contributed by atoms with van der Waals surface area (Å²) in [6, 6.07) is 8.21. The van der Waals surface area contributed by atoms with E-state index in [-0.39, 0.29) is 35.5 Å². The molecule has 0 unspecified atom stereocenters. The van der Waals surface area contributed by atoms with Crippen LogP contribution in [0.3, 0.4) is 0 Å².